The number of hydrogen-bond donors (Lipinski definition) is 1. The normalized spacial score (nSPS) is 22.2. The first kappa shape index (κ1) is 15.3. The Bertz CT molecular complexity index is 814. The van der Waals surface area contributed by atoms with Crippen LogP contribution >= 0.6 is 0 Å². The predicted molar refractivity (Wildman–Crippen MR) is 93.9 cm³/mol. The quantitative estimate of drug-likeness (QED) is 0.808. The molecule has 0 spiro atoms. The number of rotatable bonds is 1. The Morgan fingerprint density at radius 3 is 2.71 bits per heavy atom. The summed E-state index contributed by atoms with van der Waals surface area (Å²) in [4.78, 5) is 18.7. The highest BCUT2D eigenvalue weighted by Gasteiger charge is 2.37. The van der Waals surface area contributed by atoms with Crippen LogP contribution in [0.2, 0.25) is 0 Å². The molecule has 4 nitrogen and oxygen atoms in total. The van der Waals surface area contributed by atoms with Crippen molar-refractivity contribution in [3.05, 3.63) is 47.3 Å². The molecule has 0 aromatic heterocycles. The van der Waals surface area contributed by atoms with E-state index in [0.717, 1.165) is 43.0 Å². The van der Waals surface area contributed by atoms with Gasteiger partial charge < -0.3 is 10.2 Å². The van der Waals surface area contributed by atoms with Gasteiger partial charge in [0, 0.05) is 43.4 Å². The minimum Gasteiger partial charge on any atom is -0.369 e. The summed E-state index contributed by atoms with van der Waals surface area (Å²) in [7, 11) is 0. The second kappa shape index (κ2) is 5.38. The van der Waals surface area contributed by atoms with Crippen LogP contribution in [-0.2, 0) is 10.2 Å². The number of anilines is 1. The summed E-state index contributed by atoms with van der Waals surface area (Å²) >= 11 is 0. The lowest BCUT2D eigenvalue weighted by molar-refractivity contribution is -0.112. The largest absolute Gasteiger partial charge is 0.369 e. The van der Waals surface area contributed by atoms with Gasteiger partial charge in [-0.05, 0) is 35.4 Å². The fourth-order valence-corrected chi connectivity index (χ4v) is 3.65. The highest BCUT2D eigenvalue weighted by Crippen LogP contribution is 2.45. The Morgan fingerprint density at radius 2 is 1.96 bits per heavy atom. The van der Waals surface area contributed by atoms with Crippen LogP contribution in [0, 0.1) is 0 Å². The van der Waals surface area contributed by atoms with Gasteiger partial charge in [-0.15, -0.1) is 0 Å². The molecule has 0 amide bonds. The maximum Gasteiger partial charge on any atom is 0.214 e. The number of allylic oxidation sites excluding steroid dienone is 4. The molecule has 4 rings (SSSR count). The predicted octanol–water partition coefficient (Wildman–Crippen LogP) is 2.82. The number of fused-ring (bicyclic) bond motifs is 2. The van der Waals surface area contributed by atoms with Crippen LogP contribution in [0.1, 0.15) is 19.4 Å². The molecule has 2 aliphatic heterocycles. The summed E-state index contributed by atoms with van der Waals surface area (Å²) in [5, 5.41) is 3.36. The number of carbonyl (C=O) groups excluding carboxylic acids is 1. The zero-order valence-corrected chi connectivity index (χ0v) is 13.9. The van der Waals surface area contributed by atoms with Gasteiger partial charge in [-0.1, -0.05) is 13.8 Å². The van der Waals surface area contributed by atoms with Crippen LogP contribution in [0.3, 0.4) is 0 Å². The number of halogens is 1. The Hall–Kier alpha value is -2.27. The van der Waals surface area contributed by atoms with Gasteiger partial charge in [0.25, 0.3) is 0 Å². The number of carbonyl (C=O) groups is 1. The average Bonchev–Trinajstić information content (AvgIpc) is 2.58. The van der Waals surface area contributed by atoms with Crippen LogP contribution in [0.5, 0.6) is 0 Å². The molecule has 24 heavy (non-hydrogen) atoms. The first-order chi connectivity index (χ1) is 11.5. The van der Waals surface area contributed by atoms with Gasteiger partial charge in [-0.2, -0.15) is 0 Å². The summed E-state index contributed by atoms with van der Waals surface area (Å²) in [5.74, 6) is -1.31. The first-order valence-corrected chi connectivity index (χ1v) is 8.30. The van der Waals surface area contributed by atoms with Crippen molar-refractivity contribution in [1.82, 2.24) is 5.32 Å². The molecule has 1 N–H and O–H groups in total. The van der Waals surface area contributed by atoms with E-state index in [1.165, 1.54) is 17.8 Å². The molecule has 1 aromatic carbocycles. The Kier molecular flexibility index (Phi) is 3.42. The number of hydrogen-bond acceptors (Lipinski definition) is 4. The molecule has 1 saturated heterocycles. The van der Waals surface area contributed by atoms with E-state index in [-0.39, 0.29) is 5.41 Å². The standard InChI is InChI=1S/C19H20FN3O/c1-19(2)13-9-12(23-7-5-21-6-8-23)3-4-16(13)22-17-11-15(20)18(24)10-14(17)19/h3-4,9-11,21H,5-8H2,1-2H3. The average molecular weight is 325 g/mol. The monoisotopic (exact) mass is 325 g/mol. The van der Waals surface area contributed by atoms with Crippen LogP contribution < -0.4 is 10.2 Å². The van der Waals surface area contributed by atoms with Crippen LogP contribution in [0.15, 0.2) is 46.7 Å². The Labute approximate surface area is 140 Å². The van der Waals surface area contributed by atoms with E-state index >= 15 is 0 Å². The van der Waals surface area contributed by atoms with Crippen molar-refractivity contribution in [2.24, 2.45) is 4.99 Å². The van der Waals surface area contributed by atoms with Gasteiger partial charge in [-0.3, -0.25) is 4.79 Å². The maximum absolute atomic E-state index is 13.7. The highest BCUT2D eigenvalue weighted by molar-refractivity contribution is 6.23. The summed E-state index contributed by atoms with van der Waals surface area (Å²) in [6.45, 7) is 8.04. The summed E-state index contributed by atoms with van der Waals surface area (Å²) in [6.07, 6.45) is 2.65. The maximum atomic E-state index is 13.7. The van der Waals surface area contributed by atoms with Crippen LogP contribution in [0.25, 0.3) is 0 Å². The van der Waals surface area contributed by atoms with Gasteiger partial charge in [-0.25, -0.2) is 9.38 Å². The molecular formula is C19H20FN3O. The lowest BCUT2D eigenvalue weighted by Gasteiger charge is -2.36. The van der Waals surface area contributed by atoms with Crippen molar-refractivity contribution in [2.45, 2.75) is 19.3 Å². The fraction of sp³-hybridized carbons (Fsp3) is 0.368. The summed E-state index contributed by atoms with van der Waals surface area (Å²) < 4.78 is 13.7. The van der Waals surface area contributed by atoms with Gasteiger partial charge in [0.05, 0.1) is 11.4 Å². The van der Waals surface area contributed by atoms with Crippen LogP contribution in [-0.4, -0.2) is 37.7 Å². The molecular weight excluding hydrogens is 305 g/mol. The second-order valence-electron chi connectivity index (χ2n) is 6.98. The summed E-state index contributed by atoms with van der Waals surface area (Å²) in [6, 6.07) is 6.24. The van der Waals surface area contributed by atoms with E-state index in [9.17, 15) is 9.18 Å². The minimum atomic E-state index is -0.741. The van der Waals surface area contributed by atoms with E-state index in [0.29, 0.717) is 5.71 Å². The van der Waals surface area contributed by atoms with E-state index < -0.39 is 11.6 Å². The Balaban J connectivity index is 1.82. The third-order valence-corrected chi connectivity index (χ3v) is 5.10. The Morgan fingerprint density at radius 1 is 1.21 bits per heavy atom. The number of ketones is 1. The topological polar surface area (TPSA) is 44.7 Å². The van der Waals surface area contributed by atoms with Gasteiger partial charge in [0.15, 0.2) is 5.83 Å². The zero-order valence-electron chi connectivity index (χ0n) is 13.9. The molecule has 0 saturated carbocycles. The van der Waals surface area contributed by atoms with Crippen molar-refractivity contribution in [3.8, 4) is 0 Å². The molecule has 0 atom stereocenters. The van der Waals surface area contributed by atoms with Crippen LogP contribution in [0.4, 0.5) is 15.8 Å². The molecule has 3 aliphatic rings. The molecule has 0 bridgehead atoms. The molecule has 0 radical (unpaired) electrons. The molecule has 5 heteroatoms. The van der Waals surface area contributed by atoms with Crippen molar-refractivity contribution in [1.29, 1.82) is 0 Å². The SMILES string of the molecule is CC1(C)C2=CC(=O)C(F)=CC2=Nc2ccc(N3CCNCC3)cc21. The minimum absolute atomic E-state index is 0.386. The van der Waals surface area contributed by atoms with Crippen molar-refractivity contribution in [2.75, 3.05) is 31.1 Å². The summed E-state index contributed by atoms with van der Waals surface area (Å²) in [5.41, 5.74) is 4.06. The van der Waals surface area contributed by atoms with Crippen molar-refractivity contribution in [3.63, 3.8) is 0 Å². The van der Waals surface area contributed by atoms with E-state index in [4.69, 9.17) is 0 Å². The number of benzene rings is 1. The number of piperazine rings is 1. The van der Waals surface area contributed by atoms with E-state index in [2.05, 4.69) is 41.2 Å². The molecule has 124 valence electrons. The first-order valence-electron chi connectivity index (χ1n) is 8.30. The third-order valence-electron chi connectivity index (χ3n) is 5.10. The van der Waals surface area contributed by atoms with E-state index in [1.54, 1.807) is 0 Å². The number of aliphatic imine (C=N–C) groups is 1. The second-order valence-corrected chi connectivity index (χ2v) is 6.98. The molecule has 2 heterocycles. The van der Waals surface area contributed by atoms with Gasteiger partial charge in [0.1, 0.15) is 0 Å². The van der Waals surface area contributed by atoms with Gasteiger partial charge >= 0.3 is 0 Å². The van der Waals surface area contributed by atoms with E-state index in [1.807, 2.05) is 6.07 Å². The molecule has 0 unspecified atom stereocenters. The highest BCUT2D eigenvalue weighted by atomic mass is 19.1. The smallest absolute Gasteiger partial charge is 0.214 e. The molecule has 1 aliphatic carbocycles. The lowest BCUT2D eigenvalue weighted by atomic mass is 9.71. The fourth-order valence-electron chi connectivity index (χ4n) is 3.65. The van der Waals surface area contributed by atoms with Gasteiger partial charge in [0.2, 0.25) is 5.78 Å². The van der Waals surface area contributed by atoms with Crippen molar-refractivity contribution < 1.29 is 9.18 Å². The van der Waals surface area contributed by atoms with Crippen molar-refractivity contribution >= 4 is 22.9 Å². The molecule has 1 fully saturated rings. The lowest BCUT2D eigenvalue weighted by Crippen LogP contribution is -2.43. The third kappa shape index (κ3) is 2.31. The molecule has 1 aromatic rings. The number of nitrogens with zero attached hydrogens (tertiary/aromatic N) is 2. The number of nitrogens with one attached hydrogen (secondary N) is 1. The zero-order chi connectivity index (χ0) is 16.9.